The van der Waals surface area contributed by atoms with Crippen molar-refractivity contribution in [3.05, 3.63) is 69.6 Å². The first-order valence-corrected chi connectivity index (χ1v) is 11.9. The van der Waals surface area contributed by atoms with E-state index in [1.54, 1.807) is 23.1 Å². The van der Waals surface area contributed by atoms with Gasteiger partial charge in [0.25, 0.3) is 5.91 Å². The minimum atomic E-state index is -0.503. The van der Waals surface area contributed by atoms with Crippen LogP contribution in [0.4, 0.5) is 0 Å². The van der Waals surface area contributed by atoms with Gasteiger partial charge in [-0.2, -0.15) is 0 Å². The summed E-state index contributed by atoms with van der Waals surface area (Å²) in [6.45, 7) is 6.43. The van der Waals surface area contributed by atoms with Gasteiger partial charge in [0.05, 0.1) is 30.2 Å². The van der Waals surface area contributed by atoms with Crippen molar-refractivity contribution in [1.29, 1.82) is 0 Å². The van der Waals surface area contributed by atoms with Crippen molar-refractivity contribution < 1.29 is 18.7 Å². The highest BCUT2D eigenvalue weighted by Crippen LogP contribution is 2.39. The molecule has 2 aromatic carbocycles. The van der Waals surface area contributed by atoms with Gasteiger partial charge in [0.1, 0.15) is 17.1 Å². The van der Waals surface area contributed by atoms with Crippen LogP contribution in [0, 0.1) is 0 Å². The van der Waals surface area contributed by atoms with Gasteiger partial charge < -0.3 is 23.7 Å². The van der Waals surface area contributed by atoms with Crippen molar-refractivity contribution >= 4 is 16.9 Å². The van der Waals surface area contributed by atoms with Gasteiger partial charge in [0.2, 0.25) is 5.76 Å². The molecule has 0 bridgehead atoms. The fraction of sp³-hybridized carbons (Fsp3) is 0.407. The highest BCUT2D eigenvalue weighted by molar-refractivity contribution is 5.99. The van der Waals surface area contributed by atoms with Crippen LogP contribution < -0.4 is 14.9 Å². The second kappa shape index (κ2) is 10.3. The number of hydrogen-bond acceptors (Lipinski definition) is 6. The van der Waals surface area contributed by atoms with E-state index in [1.165, 1.54) is 0 Å². The van der Waals surface area contributed by atoms with E-state index in [9.17, 15) is 9.59 Å². The molecule has 7 heteroatoms. The van der Waals surface area contributed by atoms with Gasteiger partial charge in [-0.1, -0.05) is 19.1 Å². The third-order valence-electron chi connectivity index (χ3n) is 5.92. The van der Waals surface area contributed by atoms with Gasteiger partial charge in [-0.25, -0.2) is 0 Å². The summed E-state index contributed by atoms with van der Waals surface area (Å²) in [5.74, 6) is 1.23. The Balaban J connectivity index is 1.79. The third kappa shape index (κ3) is 4.66. The summed E-state index contributed by atoms with van der Waals surface area (Å²) in [7, 11) is 4.00. The maximum atomic E-state index is 13.6. The molecule has 0 fully saturated rings. The van der Waals surface area contributed by atoms with Gasteiger partial charge in [0.15, 0.2) is 5.43 Å². The maximum absolute atomic E-state index is 13.6. The van der Waals surface area contributed by atoms with Crippen LogP contribution in [0.2, 0.25) is 0 Å². The van der Waals surface area contributed by atoms with Gasteiger partial charge >= 0.3 is 0 Å². The molecule has 1 amide bonds. The lowest BCUT2D eigenvalue weighted by Gasteiger charge is -2.26. The van der Waals surface area contributed by atoms with Crippen LogP contribution in [0.3, 0.4) is 0 Å². The molecule has 1 aromatic heterocycles. The zero-order valence-electron chi connectivity index (χ0n) is 20.3. The van der Waals surface area contributed by atoms with E-state index in [1.807, 2.05) is 45.3 Å². The van der Waals surface area contributed by atoms with Crippen LogP contribution in [0.1, 0.15) is 54.4 Å². The van der Waals surface area contributed by atoms with Gasteiger partial charge in [-0.15, -0.1) is 0 Å². The molecule has 0 radical (unpaired) electrons. The fourth-order valence-electron chi connectivity index (χ4n) is 4.36. The summed E-state index contributed by atoms with van der Waals surface area (Å²) in [6, 6.07) is 12.3. The fourth-order valence-corrected chi connectivity index (χ4v) is 4.36. The molecule has 7 nitrogen and oxygen atoms in total. The number of nitrogens with zero attached hydrogens (tertiary/aromatic N) is 2. The van der Waals surface area contributed by atoms with E-state index < -0.39 is 6.04 Å². The Morgan fingerprint density at radius 1 is 1.00 bits per heavy atom. The second-order valence-electron chi connectivity index (χ2n) is 8.74. The molecule has 1 aliphatic heterocycles. The third-order valence-corrected chi connectivity index (χ3v) is 5.92. The number of fused-ring (bicyclic) bond motifs is 2. The van der Waals surface area contributed by atoms with Crippen LogP contribution in [-0.4, -0.2) is 56.1 Å². The number of amides is 1. The molecule has 0 aliphatic carbocycles. The van der Waals surface area contributed by atoms with Crippen LogP contribution >= 0.6 is 0 Å². The van der Waals surface area contributed by atoms with E-state index in [0.717, 1.165) is 30.7 Å². The Morgan fingerprint density at radius 3 is 2.41 bits per heavy atom. The van der Waals surface area contributed by atoms with Gasteiger partial charge in [0, 0.05) is 12.6 Å². The molecule has 34 heavy (non-hydrogen) atoms. The van der Waals surface area contributed by atoms with E-state index in [0.29, 0.717) is 42.0 Å². The lowest BCUT2D eigenvalue weighted by Crippen LogP contribution is -2.32. The molecule has 180 valence electrons. The zero-order valence-corrected chi connectivity index (χ0v) is 20.3. The Morgan fingerprint density at radius 2 is 1.74 bits per heavy atom. The van der Waals surface area contributed by atoms with Gasteiger partial charge in [-0.05, 0) is 70.2 Å². The Hall–Kier alpha value is -3.32. The number of rotatable bonds is 10. The minimum absolute atomic E-state index is 0.118. The van der Waals surface area contributed by atoms with Crippen molar-refractivity contribution in [2.45, 2.75) is 32.7 Å². The van der Waals surface area contributed by atoms with Gasteiger partial charge in [-0.3, -0.25) is 9.59 Å². The Bertz CT molecular complexity index is 1220. The topological polar surface area (TPSA) is 72.2 Å². The normalized spacial score (nSPS) is 15.3. The monoisotopic (exact) mass is 464 g/mol. The van der Waals surface area contributed by atoms with Crippen LogP contribution in [-0.2, 0) is 0 Å². The number of carbonyl (C=O) groups is 1. The molecule has 0 spiro atoms. The van der Waals surface area contributed by atoms with E-state index >= 15 is 0 Å². The largest absolute Gasteiger partial charge is 0.494 e. The predicted octanol–water partition coefficient (Wildman–Crippen LogP) is 4.48. The number of ether oxygens (including phenoxy) is 2. The second-order valence-corrected chi connectivity index (χ2v) is 8.74. The molecule has 0 N–H and O–H groups in total. The average molecular weight is 465 g/mol. The van der Waals surface area contributed by atoms with Crippen LogP contribution in [0.15, 0.2) is 51.7 Å². The average Bonchev–Trinajstić information content (AvgIpc) is 3.10. The quantitative estimate of drug-likeness (QED) is 0.441. The first-order valence-electron chi connectivity index (χ1n) is 11.9. The lowest BCUT2D eigenvalue weighted by molar-refractivity contribution is 0.0722. The maximum Gasteiger partial charge on any atom is 0.290 e. The molecule has 1 unspecified atom stereocenters. The van der Waals surface area contributed by atoms with E-state index in [2.05, 4.69) is 11.8 Å². The standard InChI is InChI=1S/C27H32N2O5/c1-5-16-33-19-10-8-18(9-11-19)24-23-25(30)21-13-12-20(32-6-2)17-22(21)34-26(23)27(31)29(24)15-7-14-28(3)4/h8-13,17,24H,5-7,14-16H2,1-4H3. The zero-order chi connectivity index (χ0) is 24.2. The molecular weight excluding hydrogens is 432 g/mol. The Labute approximate surface area is 199 Å². The molecule has 1 aliphatic rings. The molecule has 3 aromatic rings. The molecular formula is C27H32N2O5. The predicted molar refractivity (Wildman–Crippen MR) is 132 cm³/mol. The molecule has 1 atom stereocenters. The summed E-state index contributed by atoms with van der Waals surface area (Å²) in [6.07, 6.45) is 1.70. The van der Waals surface area contributed by atoms with E-state index in [4.69, 9.17) is 13.9 Å². The highest BCUT2D eigenvalue weighted by Gasteiger charge is 2.42. The van der Waals surface area contributed by atoms with Crippen molar-refractivity contribution in [2.24, 2.45) is 0 Å². The smallest absolute Gasteiger partial charge is 0.290 e. The number of benzene rings is 2. The summed E-state index contributed by atoms with van der Waals surface area (Å²) >= 11 is 0. The number of hydrogen-bond donors (Lipinski definition) is 0. The molecule has 0 saturated carbocycles. The van der Waals surface area contributed by atoms with Crippen LogP contribution in [0.5, 0.6) is 11.5 Å². The summed E-state index contributed by atoms with van der Waals surface area (Å²) in [5.41, 5.74) is 1.44. The lowest BCUT2D eigenvalue weighted by atomic mass is 9.98. The van der Waals surface area contributed by atoms with Crippen molar-refractivity contribution in [1.82, 2.24) is 9.80 Å². The van der Waals surface area contributed by atoms with Crippen molar-refractivity contribution in [3.8, 4) is 11.5 Å². The Kier molecular flexibility index (Phi) is 7.22. The first-order chi connectivity index (χ1) is 16.4. The minimum Gasteiger partial charge on any atom is -0.494 e. The molecule has 4 rings (SSSR count). The molecule has 0 saturated heterocycles. The number of carbonyl (C=O) groups excluding carboxylic acids is 1. The first kappa shape index (κ1) is 23.8. The highest BCUT2D eigenvalue weighted by atomic mass is 16.5. The SMILES string of the molecule is CCCOc1ccc(C2c3c(oc4cc(OCC)ccc4c3=O)C(=O)N2CCCN(C)C)cc1. The molecule has 2 heterocycles. The summed E-state index contributed by atoms with van der Waals surface area (Å²) in [5, 5.41) is 0.443. The van der Waals surface area contributed by atoms with E-state index in [-0.39, 0.29) is 17.1 Å². The summed E-state index contributed by atoms with van der Waals surface area (Å²) in [4.78, 5) is 31.0. The summed E-state index contributed by atoms with van der Waals surface area (Å²) < 4.78 is 17.3. The van der Waals surface area contributed by atoms with Crippen molar-refractivity contribution in [3.63, 3.8) is 0 Å². The van der Waals surface area contributed by atoms with Crippen LogP contribution in [0.25, 0.3) is 11.0 Å². The van der Waals surface area contributed by atoms with Crippen molar-refractivity contribution in [2.75, 3.05) is 40.4 Å².